The van der Waals surface area contributed by atoms with Crippen LogP contribution in [-0.2, 0) is 4.57 Å². The van der Waals surface area contributed by atoms with Gasteiger partial charge >= 0.3 is 7.60 Å². The molecule has 0 saturated carbocycles. The van der Waals surface area contributed by atoms with Crippen LogP contribution in [-0.4, -0.2) is 21.5 Å². The smallest absolute Gasteiger partial charge is 0.324 e. The SMILES string of the molecule is NC1(CP(=O)(O)O)C=CC=CC1. The van der Waals surface area contributed by atoms with E-state index in [1.165, 1.54) is 0 Å². The zero-order chi connectivity index (χ0) is 9.24. The van der Waals surface area contributed by atoms with Crippen LogP contribution < -0.4 is 5.73 Å². The van der Waals surface area contributed by atoms with Crippen LogP contribution in [0.4, 0.5) is 0 Å². The van der Waals surface area contributed by atoms with E-state index < -0.39 is 13.1 Å². The summed E-state index contributed by atoms with van der Waals surface area (Å²) in [6.07, 6.45) is 7.14. The van der Waals surface area contributed by atoms with E-state index in [0.29, 0.717) is 6.42 Å². The van der Waals surface area contributed by atoms with Crippen molar-refractivity contribution in [3.05, 3.63) is 24.3 Å². The molecule has 0 bridgehead atoms. The van der Waals surface area contributed by atoms with E-state index in [1.807, 2.05) is 6.08 Å². The fraction of sp³-hybridized carbons (Fsp3) is 0.429. The maximum atomic E-state index is 10.7. The third kappa shape index (κ3) is 2.91. The Bertz CT molecular complexity index is 268. The first-order valence-corrected chi connectivity index (χ1v) is 5.39. The molecule has 1 aliphatic carbocycles. The van der Waals surface area contributed by atoms with E-state index in [2.05, 4.69) is 0 Å². The highest BCUT2D eigenvalue weighted by Gasteiger charge is 2.30. The highest BCUT2D eigenvalue weighted by atomic mass is 31.2. The summed E-state index contributed by atoms with van der Waals surface area (Å²) < 4.78 is 10.7. The van der Waals surface area contributed by atoms with E-state index in [4.69, 9.17) is 15.5 Å². The predicted octanol–water partition coefficient (Wildman–Crippen LogP) is 0.378. The quantitative estimate of drug-likeness (QED) is 0.548. The second-order valence-electron chi connectivity index (χ2n) is 3.05. The minimum Gasteiger partial charge on any atom is -0.324 e. The molecule has 0 heterocycles. The summed E-state index contributed by atoms with van der Waals surface area (Å²) in [7, 11) is -4.01. The van der Waals surface area contributed by atoms with Gasteiger partial charge in [0, 0.05) is 5.54 Å². The molecule has 0 amide bonds. The number of allylic oxidation sites excluding steroid dienone is 2. The zero-order valence-corrected chi connectivity index (χ0v) is 7.45. The number of hydrogen-bond donors (Lipinski definition) is 3. The van der Waals surface area contributed by atoms with E-state index in [9.17, 15) is 4.57 Å². The van der Waals surface area contributed by atoms with Crippen LogP contribution in [0.15, 0.2) is 24.3 Å². The van der Waals surface area contributed by atoms with Crippen LogP contribution in [0.5, 0.6) is 0 Å². The normalized spacial score (nSPS) is 29.2. The van der Waals surface area contributed by atoms with Crippen LogP contribution in [0.2, 0.25) is 0 Å². The summed E-state index contributed by atoms with van der Waals surface area (Å²) in [5, 5.41) is 0. The Kier molecular flexibility index (Phi) is 2.54. The Morgan fingerprint density at radius 3 is 2.58 bits per heavy atom. The molecule has 0 saturated heterocycles. The third-order valence-corrected chi connectivity index (χ3v) is 2.67. The summed E-state index contributed by atoms with van der Waals surface area (Å²) in [4.78, 5) is 17.4. The summed E-state index contributed by atoms with van der Waals surface area (Å²) in [5.41, 5.74) is 4.85. The molecule has 0 spiro atoms. The van der Waals surface area contributed by atoms with Crippen molar-refractivity contribution in [3.63, 3.8) is 0 Å². The minimum atomic E-state index is -4.01. The lowest BCUT2D eigenvalue weighted by molar-refractivity contribution is 0.361. The highest BCUT2D eigenvalue weighted by Crippen LogP contribution is 2.39. The lowest BCUT2D eigenvalue weighted by Crippen LogP contribution is -2.41. The molecule has 4 nitrogen and oxygen atoms in total. The molecule has 0 fully saturated rings. The molecular weight excluding hydrogens is 177 g/mol. The largest absolute Gasteiger partial charge is 0.327 e. The maximum absolute atomic E-state index is 10.7. The molecule has 0 aliphatic heterocycles. The average Bonchev–Trinajstić information content (AvgIpc) is 1.83. The molecule has 4 N–H and O–H groups in total. The zero-order valence-electron chi connectivity index (χ0n) is 6.55. The fourth-order valence-corrected chi connectivity index (χ4v) is 2.18. The van der Waals surface area contributed by atoms with Crippen LogP contribution in [0.3, 0.4) is 0 Å². The van der Waals surface area contributed by atoms with Gasteiger partial charge in [-0.25, -0.2) is 0 Å². The molecule has 1 atom stereocenters. The van der Waals surface area contributed by atoms with Gasteiger partial charge in [0.25, 0.3) is 0 Å². The van der Waals surface area contributed by atoms with Crippen molar-refractivity contribution in [1.29, 1.82) is 0 Å². The van der Waals surface area contributed by atoms with E-state index >= 15 is 0 Å². The third-order valence-electron chi connectivity index (χ3n) is 1.67. The molecule has 0 aromatic heterocycles. The Labute approximate surface area is 70.9 Å². The van der Waals surface area contributed by atoms with Gasteiger partial charge in [-0.1, -0.05) is 24.3 Å². The van der Waals surface area contributed by atoms with Crippen LogP contribution >= 0.6 is 7.60 Å². The van der Waals surface area contributed by atoms with Gasteiger partial charge in [0.05, 0.1) is 6.16 Å². The van der Waals surface area contributed by atoms with Gasteiger partial charge in [-0.05, 0) is 6.42 Å². The van der Waals surface area contributed by atoms with Crippen molar-refractivity contribution in [2.45, 2.75) is 12.0 Å². The molecular formula is C7H12NO3P. The summed E-state index contributed by atoms with van der Waals surface area (Å²) in [6.45, 7) is 0. The van der Waals surface area contributed by atoms with Gasteiger partial charge in [0.1, 0.15) is 0 Å². The first-order chi connectivity index (χ1) is 5.41. The van der Waals surface area contributed by atoms with Gasteiger partial charge in [-0.3, -0.25) is 4.57 Å². The van der Waals surface area contributed by atoms with E-state index in [-0.39, 0.29) is 6.16 Å². The Balaban J connectivity index is 2.68. The molecule has 12 heavy (non-hydrogen) atoms. The van der Waals surface area contributed by atoms with Gasteiger partial charge < -0.3 is 15.5 Å². The van der Waals surface area contributed by atoms with Crippen molar-refractivity contribution in [3.8, 4) is 0 Å². The average molecular weight is 189 g/mol. The van der Waals surface area contributed by atoms with Crippen molar-refractivity contribution < 1.29 is 14.4 Å². The van der Waals surface area contributed by atoms with Crippen LogP contribution in [0.25, 0.3) is 0 Å². The summed E-state index contributed by atoms with van der Waals surface area (Å²) in [6, 6.07) is 0. The second-order valence-corrected chi connectivity index (χ2v) is 4.69. The van der Waals surface area contributed by atoms with E-state index in [1.54, 1.807) is 18.2 Å². The highest BCUT2D eigenvalue weighted by molar-refractivity contribution is 7.51. The number of nitrogens with two attached hydrogens (primary N) is 1. The minimum absolute atomic E-state index is 0.291. The van der Waals surface area contributed by atoms with Crippen molar-refractivity contribution in [2.75, 3.05) is 6.16 Å². The summed E-state index contributed by atoms with van der Waals surface area (Å²) in [5.74, 6) is 0. The predicted molar refractivity (Wildman–Crippen MR) is 46.7 cm³/mol. The summed E-state index contributed by atoms with van der Waals surface area (Å²) >= 11 is 0. The topological polar surface area (TPSA) is 83.6 Å². The Morgan fingerprint density at radius 1 is 1.50 bits per heavy atom. The number of hydrogen-bond acceptors (Lipinski definition) is 2. The van der Waals surface area contributed by atoms with Crippen LogP contribution in [0, 0.1) is 0 Å². The van der Waals surface area contributed by atoms with Gasteiger partial charge in [-0.15, -0.1) is 0 Å². The molecule has 5 heteroatoms. The van der Waals surface area contributed by atoms with Crippen molar-refractivity contribution >= 4 is 7.60 Å². The Morgan fingerprint density at radius 2 is 2.17 bits per heavy atom. The first-order valence-electron chi connectivity index (χ1n) is 3.59. The van der Waals surface area contributed by atoms with Gasteiger partial charge in [0.2, 0.25) is 0 Å². The molecule has 0 aromatic carbocycles. The van der Waals surface area contributed by atoms with Crippen molar-refractivity contribution in [2.24, 2.45) is 5.73 Å². The van der Waals surface area contributed by atoms with E-state index in [0.717, 1.165) is 0 Å². The first kappa shape index (κ1) is 9.68. The lowest BCUT2D eigenvalue weighted by Gasteiger charge is -2.26. The lowest BCUT2D eigenvalue weighted by atomic mass is 9.95. The standard InChI is InChI=1S/C7H12NO3P/c8-7(6-12(9,10)11)4-2-1-3-5-7/h1-4H,5-6,8H2,(H2,9,10,11). The molecule has 0 radical (unpaired) electrons. The second kappa shape index (κ2) is 3.15. The van der Waals surface area contributed by atoms with Gasteiger partial charge in [-0.2, -0.15) is 0 Å². The fourth-order valence-electron chi connectivity index (χ4n) is 1.18. The van der Waals surface area contributed by atoms with Crippen molar-refractivity contribution in [1.82, 2.24) is 0 Å². The van der Waals surface area contributed by atoms with Gasteiger partial charge in [0.15, 0.2) is 0 Å². The maximum Gasteiger partial charge on any atom is 0.327 e. The molecule has 1 unspecified atom stereocenters. The molecule has 1 aliphatic rings. The Hall–Kier alpha value is -0.410. The monoisotopic (exact) mass is 189 g/mol. The van der Waals surface area contributed by atoms with Crippen LogP contribution in [0.1, 0.15) is 6.42 Å². The number of rotatable bonds is 2. The molecule has 0 aromatic rings. The molecule has 68 valence electrons. The molecule has 1 rings (SSSR count).